The summed E-state index contributed by atoms with van der Waals surface area (Å²) in [5, 5.41) is 0.560. The smallest absolute Gasteiger partial charge is 0.312 e. The van der Waals surface area contributed by atoms with E-state index in [0.717, 1.165) is 0 Å². The first kappa shape index (κ1) is 12.0. The monoisotopic (exact) mass is 290 g/mol. The molecule has 2 bridgehead atoms. The highest BCUT2D eigenvalue weighted by atomic mass is 79.9. The van der Waals surface area contributed by atoms with Gasteiger partial charge in [0.05, 0.1) is 18.6 Å². The molecule has 16 heavy (non-hydrogen) atoms. The molecule has 0 N–H and O–H groups in total. The molecule has 0 aliphatic carbocycles. The Hall–Kier alpha value is -0.420. The lowest BCUT2D eigenvalue weighted by Crippen LogP contribution is -2.48. The van der Waals surface area contributed by atoms with Gasteiger partial charge in [-0.1, -0.05) is 15.9 Å². The fourth-order valence-corrected chi connectivity index (χ4v) is 4.04. The fourth-order valence-electron chi connectivity index (χ4n) is 3.05. The molecule has 2 heterocycles. The van der Waals surface area contributed by atoms with E-state index in [1.807, 2.05) is 6.92 Å². The molecule has 1 unspecified atom stereocenters. The summed E-state index contributed by atoms with van der Waals surface area (Å²) in [5.41, 5.74) is -1.53. The minimum Gasteiger partial charge on any atom is -0.469 e. The van der Waals surface area contributed by atoms with Gasteiger partial charge in [0, 0.05) is 17.7 Å². The Labute approximate surface area is 103 Å². The number of fused-ring (bicyclic) bond motifs is 2. The fraction of sp³-hybridized carbons (Fsp3) is 0.818. The molecule has 0 radical (unpaired) electrons. The Kier molecular flexibility index (Phi) is 2.66. The minimum absolute atomic E-state index is 0.0830. The van der Waals surface area contributed by atoms with Crippen LogP contribution in [0, 0.1) is 11.8 Å². The SMILES string of the molecule is COC(=O)[C@@H]1[C@@H](CBr)C2(C)O[C@]1(C)CC2=O. The van der Waals surface area contributed by atoms with E-state index < -0.39 is 11.2 Å². The quantitative estimate of drug-likeness (QED) is 0.568. The molecule has 2 fully saturated rings. The van der Waals surface area contributed by atoms with Crippen molar-refractivity contribution in [2.75, 3.05) is 12.4 Å². The summed E-state index contributed by atoms with van der Waals surface area (Å²) in [7, 11) is 1.37. The van der Waals surface area contributed by atoms with E-state index in [-0.39, 0.29) is 23.6 Å². The predicted molar refractivity (Wildman–Crippen MR) is 60.3 cm³/mol. The molecule has 4 atom stereocenters. The lowest BCUT2D eigenvalue weighted by atomic mass is 9.68. The van der Waals surface area contributed by atoms with Crippen molar-refractivity contribution in [3.8, 4) is 0 Å². The summed E-state index contributed by atoms with van der Waals surface area (Å²) in [6, 6.07) is 0. The van der Waals surface area contributed by atoms with E-state index in [4.69, 9.17) is 9.47 Å². The van der Waals surface area contributed by atoms with E-state index in [1.54, 1.807) is 6.92 Å². The van der Waals surface area contributed by atoms with Crippen LogP contribution in [0.5, 0.6) is 0 Å². The Bertz CT molecular complexity index is 356. The zero-order valence-electron chi connectivity index (χ0n) is 9.58. The summed E-state index contributed by atoms with van der Waals surface area (Å²) in [6.07, 6.45) is 0.298. The first-order chi connectivity index (χ1) is 7.39. The first-order valence-corrected chi connectivity index (χ1v) is 6.38. The van der Waals surface area contributed by atoms with Crippen molar-refractivity contribution in [3.05, 3.63) is 0 Å². The van der Waals surface area contributed by atoms with Crippen LogP contribution in [0.2, 0.25) is 0 Å². The molecule has 0 aromatic carbocycles. The standard InChI is InChI=1S/C11H15BrO4/c1-10-4-7(13)11(2,16-10)6(5-12)8(10)9(14)15-3/h6,8H,4-5H2,1-3H3/t6-,8+,10-,11?/m1/s1. The lowest BCUT2D eigenvalue weighted by Gasteiger charge is -2.32. The van der Waals surface area contributed by atoms with Crippen molar-refractivity contribution >= 4 is 27.7 Å². The van der Waals surface area contributed by atoms with Gasteiger partial charge in [-0.15, -0.1) is 0 Å². The lowest BCUT2D eigenvalue weighted by molar-refractivity contribution is -0.151. The van der Waals surface area contributed by atoms with Gasteiger partial charge in [-0.3, -0.25) is 9.59 Å². The predicted octanol–water partition coefficient (Wildman–Crippen LogP) is 1.31. The molecule has 0 saturated carbocycles. The third kappa shape index (κ3) is 1.31. The Morgan fingerprint density at radius 1 is 1.62 bits per heavy atom. The summed E-state index contributed by atoms with van der Waals surface area (Å²) < 4.78 is 10.6. The van der Waals surface area contributed by atoms with Crippen LogP contribution in [0.25, 0.3) is 0 Å². The summed E-state index contributed by atoms with van der Waals surface area (Å²) >= 11 is 3.36. The second-order valence-corrected chi connectivity index (χ2v) is 5.53. The molecule has 2 aliphatic rings. The maximum atomic E-state index is 11.9. The Morgan fingerprint density at radius 3 is 2.75 bits per heavy atom. The van der Waals surface area contributed by atoms with Crippen LogP contribution in [-0.4, -0.2) is 35.4 Å². The third-order valence-corrected chi connectivity index (χ3v) is 4.60. The molecule has 2 rings (SSSR count). The van der Waals surface area contributed by atoms with Crippen LogP contribution in [0.15, 0.2) is 0 Å². The Morgan fingerprint density at radius 2 is 2.25 bits per heavy atom. The second-order valence-electron chi connectivity index (χ2n) is 4.88. The van der Waals surface area contributed by atoms with Crippen molar-refractivity contribution in [1.82, 2.24) is 0 Å². The zero-order chi connectivity index (χ0) is 12.1. The molecule has 90 valence electrons. The van der Waals surface area contributed by atoms with Crippen molar-refractivity contribution in [2.24, 2.45) is 11.8 Å². The summed E-state index contributed by atoms with van der Waals surface area (Å²) in [5.74, 6) is -0.714. The largest absolute Gasteiger partial charge is 0.469 e. The average molecular weight is 291 g/mol. The maximum Gasteiger partial charge on any atom is 0.312 e. The second kappa shape index (κ2) is 3.53. The van der Waals surface area contributed by atoms with Gasteiger partial charge in [0.25, 0.3) is 0 Å². The van der Waals surface area contributed by atoms with E-state index in [9.17, 15) is 9.59 Å². The number of ketones is 1. The molecule has 0 spiro atoms. The zero-order valence-corrected chi connectivity index (χ0v) is 11.2. The van der Waals surface area contributed by atoms with Gasteiger partial charge in [-0.2, -0.15) is 0 Å². The van der Waals surface area contributed by atoms with Crippen LogP contribution in [0.4, 0.5) is 0 Å². The number of carbonyl (C=O) groups is 2. The molecule has 0 aromatic heterocycles. The topological polar surface area (TPSA) is 52.6 Å². The van der Waals surface area contributed by atoms with Gasteiger partial charge >= 0.3 is 5.97 Å². The van der Waals surface area contributed by atoms with Gasteiger partial charge in [0.15, 0.2) is 5.78 Å². The van der Waals surface area contributed by atoms with Crippen LogP contribution < -0.4 is 0 Å². The maximum absolute atomic E-state index is 11.9. The van der Waals surface area contributed by atoms with Crippen LogP contribution in [0.1, 0.15) is 20.3 Å². The van der Waals surface area contributed by atoms with Gasteiger partial charge in [0.2, 0.25) is 0 Å². The third-order valence-electron chi connectivity index (χ3n) is 3.90. The van der Waals surface area contributed by atoms with E-state index in [0.29, 0.717) is 11.8 Å². The molecule has 2 saturated heterocycles. The number of ether oxygens (including phenoxy) is 2. The average Bonchev–Trinajstić information content (AvgIpc) is 2.58. The molecular weight excluding hydrogens is 276 g/mol. The number of halogens is 1. The van der Waals surface area contributed by atoms with Gasteiger partial charge < -0.3 is 9.47 Å². The van der Waals surface area contributed by atoms with Crippen molar-refractivity contribution in [1.29, 1.82) is 0 Å². The number of esters is 1. The normalized spacial score (nSPS) is 46.1. The van der Waals surface area contributed by atoms with E-state index in [1.165, 1.54) is 7.11 Å². The van der Waals surface area contributed by atoms with Gasteiger partial charge in [-0.25, -0.2) is 0 Å². The highest BCUT2D eigenvalue weighted by Crippen LogP contribution is 2.56. The van der Waals surface area contributed by atoms with Crippen molar-refractivity contribution < 1.29 is 19.1 Å². The van der Waals surface area contributed by atoms with Crippen LogP contribution in [-0.2, 0) is 19.1 Å². The summed E-state index contributed by atoms with van der Waals surface area (Å²) in [6.45, 7) is 3.59. The molecule has 0 aromatic rings. The molecule has 4 nitrogen and oxygen atoms in total. The van der Waals surface area contributed by atoms with Gasteiger partial charge in [0.1, 0.15) is 5.60 Å². The molecular formula is C11H15BrO4. The number of hydrogen-bond donors (Lipinski definition) is 0. The van der Waals surface area contributed by atoms with Crippen LogP contribution in [0.3, 0.4) is 0 Å². The van der Waals surface area contributed by atoms with E-state index >= 15 is 0 Å². The summed E-state index contributed by atoms with van der Waals surface area (Å²) in [4.78, 5) is 23.7. The van der Waals surface area contributed by atoms with Crippen molar-refractivity contribution in [2.45, 2.75) is 31.5 Å². The molecule has 0 amide bonds. The first-order valence-electron chi connectivity index (χ1n) is 5.26. The number of alkyl halides is 1. The number of methoxy groups -OCH3 is 1. The molecule has 2 aliphatic heterocycles. The highest BCUT2D eigenvalue weighted by molar-refractivity contribution is 9.09. The molecule has 5 heteroatoms. The Balaban J connectivity index is 2.42. The number of Topliss-reactive ketones (excluding diaryl/α,β-unsaturated/α-hetero) is 1. The minimum atomic E-state index is -0.836. The highest BCUT2D eigenvalue weighted by Gasteiger charge is 2.69. The van der Waals surface area contributed by atoms with Crippen LogP contribution >= 0.6 is 15.9 Å². The van der Waals surface area contributed by atoms with E-state index in [2.05, 4.69) is 15.9 Å². The number of hydrogen-bond acceptors (Lipinski definition) is 4. The number of carbonyl (C=O) groups excluding carboxylic acids is 2. The number of rotatable bonds is 2. The van der Waals surface area contributed by atoms with Gasteiger partial charge in [-0.05, 0) is 13.8 Å². The van der Waals surface area contributed by atoms with Crippen molar-refractivity contribution in [3.63, 3.8) is 0 Å².